The van der Waals surface area contributed by atoms with Crippen LogP contribution in [0.3, 0.4) is 0 Å². The molecular formula is C14H17FN2S. The first-order chi connectivity index (χ1) is 8.66. The van der Waals surface area contributed by atoms with Crippen LogP contribution in [-0.2, 0) is 6.54 Å². The molecule has 2 rings (SSSR count). The molecule has 1 unspecified atom stereocenters. The number of hydrogen-bond acceptors (Lipinski definition) is 3. The monoisotopic (exact) mass is 264 g/mol. The van der Waals surface area contributed by atoms with E-state index in [1.165, 1.54) is 17.1 Å². The van der Waals surface area contributed by atoms with Crippen LogP contribution in [0.1, 0.15) is 30.3 Å². The van der Waals surface area contributed by atoms with Gasteiger partial charge in [-0.05, 0) is 29.0 Å². The summed E-state index contributed by atoms with van der Waals surface area (Å²) in [7, 11) is 0. The maximum absolute atomic E-state index is 13.0. The summed E-state index contributed by atoms with van der Waals surface area (Å²) in [6.45, 7) is 4.99. The molecule has 0 fully saturated rings. The first-order valence-electron chi connectivity index (χ1n) is 6.03. The Bertz CT molecular complexity index is 482. The molecule has 0 aliphatic heterocycles. The van der Waals surface area contributed by atoms with Gasteiger partial charge >= 0.3 is 0 Å². The van der Waals surface area contributed by atoms with E-state index in [9.17, 15) is 4.39 Å². The van der Waals surface area contributed by atoms with E-state index in [2.05, 4.69) is 41.7 Å². The number of rotatable bonds is 5. The summed E-state index contributed by atoms with van der Waals surface area (Å²) in [5.41, 5.74) is 0.872. The fourth-order valence-electron chi connectivity index (χ4n) is 1.91. The Morgan fingerprint density at radius 3 is 2.83 bits per heavy atom. The fourth-order valence-corrected chi connectivity index (χ4v) is 2.89. The molecule has 0 radical (unpaired) electrons. The van der Waals surface area contributed by atoms with E-state index in [1.54, 1.807) is 17.5 Å². The Labute approximate surface area is 111 Å². The maximum Gasteiger partial charge on any atom is 0.141 e. The minimum absolute atomic E-state index is 0.286. The van der Waals surface area contributed by atoms with E-state index < -0.39 is 0 Å². The molecular weight excluding hydrogens is 247 g/mol. The molecule has 0 saturated heterocycles. The smallest absolute Gasteiger partial charge is 0.141 e. The van der Waals surface area contributed by atoms with Crippen molar-refractivity contribution < 1.29 is 4.39 Å². The predicted molar refractivity (Wildman–Crippen MR) is 72.9 cm³/mol. The highest BCUT2D eigenvalue weighted by Crippen LogP contribution is 2.26. The van der Waals surface area contributed by atoms with Crippen molar-refractivity contribution in [1.82, 2.24) is 10.3 Å². The summed E-state index contributed by atoms with van der Waals surface area (Å²) in [5, 5.41) is 5.55. The second-order valence-electron chi connectivity index (χ2n) is 4.63. The average Bonchev–Trinajstić information content (AvgIpc) is 2.82. The van der Waals surface area contributed by atoms with Crippen molar-refractivity contribution in [2.24, 2.45) is 5.92 Å². The topological polar surface area (TPSA) is 24.9 Å². The zero-order valence-electron chi connectivity index (χ0n) is 10.6. The van der Waals surface area contributed by atoms with E-state index in [0.717, 1.165) is 5.56 Å². The maximum atomic E-state index is 13.0. The molecule has 18 heavy (non-hydrogen) atoms. The van der Waals surface area contributed by atoms with Gasteiger partial charge in [-0.25, -0.2) is 4.39 Å². The van der Waals surface area contributed by atoms with E-state index in [-0.39, 0.29) is 5.82 Å². The molecule has 1 N–H and O–H groups in total. The van der Waals surface area contributed by atoms with Gasteiger partial charge in [0, 0.05) is 23.7 Å². The van der Waals surface area contributed by atoms with Gasteiger partial charge in [0.1, 0.15) is 5.82 Å². The van der Waals surface area contributed by atoms with Crippen LogP contribution in [-0.4, -0.2) is 4.98 Å². The van der Waals surface area contributed by atoms with Crippen LogP contribution >= 0.6 is 11.3 Å². The number of nitrogens with zero attached hydrogens (tertiary/aromatic N) is 1. The summed E-state index contributed by atoms with van der Waals surface area (Å²) < 4.78 is 13.0. The van der Waals surface area contributed by atoms with Crippen LogP contribution in [0.25, 0.3) is 0 Å². The first-order valence-corrected chi connectivity index (χ1v) is 6.91. The van der Waals surface area contributed by atoms with Crippen molar-refractivity contribution in [3.8, 4) is 0 Å². The predicted octanol–water partition coefficient (Wildman–Crippen LogP) is 3.77. The van der Waals surface area contributed by atoms with Crippen molar-refractivity contribution in [3.05, 3.63) is 52.2 Å². The van der Waals surface area contributed by atoms with Gasteiger partial charge in [-0.1, -0.05) is 19.9 Å². The molecule has 0 aromatic carbocycles. The minimum Gasteiger partial charge on any atom is -0.305 e. The summed E-state index contributed by atoms with van der Waals surface area (Å²) in [6.07, 6.45) is 2.92. The van der Waals surface area contributed by atoms with E-state index in [1.807, 2.05) is 0 Å². The molecule has 0 amide bonds. The van der Waals surface area contributed by atoms with Crippen molar-refractivity contribution >= 4 is 11.3 Å². The minimum atomic E-state index is -0.286. The van der Waals surface area contributed by atoms with Gasteiger partial charge in [0.2, 0.25) is 0 Å². The standard InChI is InChI=1S/C14H17FN2S/c1-10(2)14(13-4-3-5-18-13)17-8-11-6-12(15)9-16-7-11/h3-7,9-10,14,17H,8H2,1-2H3. The van der Waals surface area contributed by atoms with Gasteiger partial charge in [-0.15, -0.1) is 11.3 Å². The SMILES string of the molecule is CC(C)C(NCc1cncc(F)c1)c1cccs1. The van der Waals surface area contributed by atoms with Crippen molar-refractivity contribution in [2.45, 2.75) is 26.4 Å². The fraction of sp³-hybridized carbons (Fsp3) is 0.357. The number of halogens is 1. The van der Waals surface area contributed by atoms with Crippen LogP contribution in [0.15, 0.2) is 36.0 Å². The Balaban J connectivity index is 2.03. The third-order valence-electron chi connectivity index (χ3n) is 2.80. The van der Waals surface area contributed by atoms with E-state index in [4.69, 9.17) is 0 Å². The normalized spacial score (nSPS) is 12.9. The molecule has 0 aliphatic rings. The molecule has 4 heteroatoms. The molecule has 1 atom stereocenters. The van der Waals surface area contributed by atoms with Gasteiger partial charge in [0.15, 0.2) is 0 Å². The molecule has 2 aromatic heterocycles. The van der Waals surface area contributed by atoms with Crippen LogP contribution < -0.4 is 5.32 Å². The molecule has 2 aromatic rings. The van der Waals surface area contributed by atoms with E-state index in [0.29, 0.717) is 18.5 Å². The van der Waals surface area contributed by atoms with Gasteiger partial charge in [-0.3, -0.25) is 4.98 Å². The zero-order valence-corrected chi connectivity index (χ0v) is 11.4. The number of hydrogen-bond donors (Lipinski definition) is 1. The van der Waals surface area contributed by atoms with Crippen molar-refractivity contribution in [2.75, 3.05) is 0 Å². The Morgan fingerprint density at radius 1 is 1.39 bits per heavy atom. The van der Waals surface area contributed by atoms with Crippen LogP contribution in [0.5, 0.6) is 0 Å². The Hall–Kier alpha value is -1.26. The first kappa shape index (κ1) is 13.2. The van der Waals surface area contributed by atoms with E-state index >= 15 is 0 Å². The molecule has 0 spiro atoms. The molecule has 96 valence electrons. The lowest BCUT2D eigenvalue weighted by Crippen LogP contribution is -2.24. The summed E-state index contributed by atoms with van der Waals surface area (Å²) in [6, 6.07) is 6.01. The van der Waals surface area contributed by atoms with Gasteiger partial charge in [0.05, 0.1) is 6.20 Å². The lowest BCUT2D eigenvalue weighted by atomic mass is 10.0. The number of aromatic nitrogens is 1. The van der Waals surface area contributed by atoms with Crippen LogP contribution in [0, 0.1) is 11.7 Å². The van der Waals surface area contributed by atoms with Gasteiger partial charge in [0.25, 0.3) is 0 Å². The summed E-state index contributed by atoms with van der Waals surface area (Å²) >= 11 is 1.75. The molecule has 2 heterocycles. The highest BCUT2D eigenvalue weighted by atomic mass is 32.1. The van der Waals surface area contributed by atoms with Crippen LogP contribution in [0.2, 0.25) is 0 Å². The Kier molecular flexibility index (Phi) is 4.44. The van der Waals surface area contributed by atoms with Crippen LogP contribution in [0.4, 0.5) is 4.39 Å². The molecule has 0 bridgehead atoms. The lowest BCUT2D eigenvalue weighted by Gasteiger charge is -2.21. The van der Waals surface area contributed by atoms with Crippen molar-refractivity contribution in [1.29, 1.82) is 0 Å². The second-order valence-corrected chi connectivity index (χ2v) is 5.61. The highest BCUT2D eigenvalue weighted by Gasteiger charge is 2.16. The number of pyridine rings is 1. The molecule has 2 nitrogen and oxygen atoms in total. The third kappa shape index (κ3) is 3.37. The van der Waals surface area contributed by atoms with Gasteiger partial charge in [-0.2, -0.15) is 0 Å². The largest absolute Gasteiger partial charge is 0.305 e. The second kappa shape index (κ2) is 6.07. The molecule has 0 aliphatic carbocycles. The Morgan fingerprint density at radius 2 is 2.22 bits per heavy atom. The average molecular weight is 264 g/mol. The number of nitrogens with one attached hydrogen (secondary N) is 1. The summed E-state index contributed by atoms with van der Waals surface area (Å²) in [4.78, 5) is 5.17. The number of thiophene rings is 1. The highest BCUT2D eigenvalue weighted by molar-refractivity contribution is 7.10. The quantitative estimate of drug-likeness (QED) is 0.889. The summed E-state index contributed by atoms with van der Waals surface area (Å²) in [5.74, 6) is 0.205. The molecule has 0 saturated carbocycles. The third-order valence-corrected chi connectivity index (χ3v) is 3.76. The zero-order chi connectivity index (χ0) is 13.0. The van der Waals surface area contributed by atoms with Gasteiger partial charge < -0.3 is 5.32 Å². The lowest BCUT2D eigenvalue weighted by molar-refractivity contribution is 0.416. The van der Waals surface area contributed by atoms with Crippen molar-refractivity contribution in [3.63, 3.8) is 0 Å².